The van der Waals surface area contributed by atoms with E-state index in [4.69, 9.17) is 4.74 Å². The quantitative estimate of drug-likeness (QED) is 0.323. The zero-order chi connectivity index (χ0) is 17.4. The van der Waals surface area contributed by atoms with Crippen molar-refractivity contribution in [1.82, 2.24) is 10.6 Å². The normalized spacial score (nSPS) is 12.2. The van der Waals surface area contributed by atoms with E-state index in [-0.39, 0.29) is 35.8 Å². The molecule has 7 heteroatoms. The number of benzene rings is 1. The molecule has 1 atom stereocenters. The van der Waals surface area contributed by atoms with Gasteiger partial charge in [-0.05, 0) is 43.3 Å². The van der Waals surface area contributed by atoms with E-state index < -0.39 is 0 Å². The number of thiophene rings is 1. The molecular formula is C18H26IN3O2S. The van der Waals surface area contributed by atoms with Crippen LogP contribution in [-0.2, 0) is 6.42 Å². The third kappa shape index (κ3) is 6.74. The number of nitrogens with one attached hydrogen (secondary N) is 2. The highest BCUT2D eigenvalue weighted by Crippen LogP contribution is 2.23. The first-order valence-electron chi connectivity index (χ1n) is 8.08. The number of hydrogen-bond donors (Lipinski definition) is 3. The van der Waals surface area contributed by atoms with Gasteiger partial charge in [-0.2, -0.15) is 0 Å². The van der Waals surface area contributed by atoms with Gasteiger partial charge in [-0.3, -0.25) is 4.99 Å². The van der Waals surface area contributed by atoms with Crippen LogP contribution in [0.15, 0.2) is 40.7 Å². The van der Waals surface area contributed by atoms with E-state index in [0.717, 1.165) is 18.1 Å². The number of rotatable bonds is 7. The predicted octanol–water partition coefficient (Wildman–Crippen LogP) is 3.94. The van der Waals surface area contributed by atoms with Crippen LogP contribution in [0.1, 0.15) is 30.3 Å². The van der Waals surface area contributed by atoms with Crippen LogP contribution in [0.5, 0.6) is 11.5 Å². The summed E-state index contributed by atoms with van der Waals surface area (Å²) in [5.74, 6) is 1.68. The molecule has 1 aromatic carbocycles. The molecule has 0 fully saturated rings. The highest BCUT2D eigenvalue weighted by molar-refractivity contribution is 14.0. The summed E-state index contributed by atoms with van der Waals surface area (Å²) < 4.78 is 5.10. The Labute approximate surface area is 170 Å². The maximum Gasteiger partial charge on any atom is 0.191 e. The van der Waals surface area contributed by atoms with Crippen LogP contribution in [0, 0.1) is 0 Å². The molecule has 0 radical (unpaired) electrons. The fourth-order valence-corrected chi connectivity index (χ4v) is 3.04. The van der Waals surface area contributed by atoms with Crippen molar-refractivity contribution in [3.05, 3.63) is 46.2 Å². The van der Waals surface area contributed by atoms with Crippen molar-refractivity contribution in [3.63, 3.8) is 0 Å². The van der Waals surface area contributed by atoms with Crippen molar-refractivity contribution in [2.45, 2.75) is 26.3 Å². The number of halogens is 1. The average molecular weight is 475 g/mol. The molecular weight excluding hydrogens is 449 g/mol. The minimum absolute atomic E-state index is 0. The SMILES string of the molecule is CCNC(=NCCc1ccc(OC)cc1O)NC(C)c1cccs1.I. The second-order valence-corrected chi connectivity index (χ2v) is 6.37. The van der Waals surface area contributed by atoms with E-state index in [1.807, 2.05) is 19.1 Å². The fraction of sp³-hybridized carbons (Fsp3) is 0.389. The molecule has 138 valence electrons. The van der Waals surface area contributed by atoms with Crippen LogP contribution >= 0.6 is 35.3 Å². The number of aliphatic imine (C=N–C) groups is 1. The summed E-state index contributed by atoms with van der Waals surface area (Å²) in [5, 5.41) is 18.7. The second kappa shape index (κ2) is 11.2. The molecule has 0 amide bonds. The number of phenolic OH excluding ortho intramolecular Hbond substituents is 1. The monoisotopic (exact) mass is 475 g/mol. The number of hydrogen-bond acceptors (Lipinski definition) is 4. The van der Waals surface area contributed by atoms with Crippen LogP contribution in [0.2, 0.25) is 0 Å². The molecule has 1 aromatic heterocycles. The minimum Gasteiger partial charge on any atom is -0.508 e. The van der Waals surface area contributed by atoms with Gasteiger partial charge in [-0.25, -0.2) is 0 Å². The first-order chi connectivity index (χ1) is 11.6. The van der Waals surface area contributed by atoms with Gasteiger partial charge in [0.2, 0.25) is 0 Å². The second-order valence-electron chi connectivity index (χ2n) is 5.39. The Morgan fingerprint density at radius 2 is 2.16 bits per heavy atom. The van der Waals surface area contributed by atoms with Gasteiger partial charge in [0.1, 0.15) is 11.5 Å². The molecule has 5 nitrogen and oxygen atoms in total. The Kier molecular flexibility index (Phi) is 9.66. The van der Waals surface area contributed by atoms with Gasteiger partial charge < -0.3 is 20.5 Å². The Bertz CT molecular complexity index is 662. The third-order valence-corrected chi connectivity index (χ3v) is 4.67. The summed E-state index contributed by atoms with van der Waals surface area (Å²) in [7, 11) is 1.59. The third-order valence-electron chi connectivity index (χ3n) is 3.61. The van der Waals surface area contributed by atoms with E-state index in [2.05, 4.69) is 40.1 Å². The van der Waals surface area contributed by atoms with Crippen LogP contribution < -0.4 is 15.4 Å². The Morgan fingerprint density at radius 3 is 2.76 bits per heavy atom. The molecule has 1 heterocycles. The fourth-order valence-electron chi connectivity index (χ4n) is 2.30. The standard InChI is InChI=1S/C18H25N3O2S.HI/c1-4-19-18(21-13(2)17-6-5-11-24-17)20-10-9-14-7-8-15(23-3)12-16(14)22;/h5-8,11-13,22H,4,9-10H2,1-3H3,(H2,19,20,21);1H. The molecule has 0 saturated carbocycles. The highest BCUT2D eigenvalue weighted by atomic mass is 127. The van der Waals surface area contributed by atoms with Gasteiger partial charge in [0.25, 0.3) is 0 Å². The Balaban J connectivity index is 0.00000312. The number of guanidine groups is 1. The van der Waals surface area contributed by atoms with Crippen LogP contribution in [0.25, 0.3) is 0 Å². The van der Waals surface area contributed by atoms with Gasteiger partial charge in [-0.1, -0.05) is 12.1 Å². The summed E-state index contributed by atoms with van der Waals surface area (Å²) in [4.78, 5) is 5.87. The smallest absolute Gasteiger partial charge is 0.191 e. The number of aromatic hydroxyl groups is 1. The zero-order valence-electron chi connectivity index (χ0n) is 14.8. The van der Waals surface area contributed by atoms with Gasteiger partial charge in [0.15, 0.2) is 5.96 Å². The van der Waals surface area contributed by atoms with Gasteiger partial charge >= 0.3 is 0 Å². The topological polar surface area (TPSA) is 65.9 Å². The molecule has 0 aliphatic heterocycles. The molecule has 3 N–H and O–H groups in total. The van der Waals surface area contributed by atoms with Gasteiger partial charge in [0, 0.05) is 24.0 Å². The lowest BCUT2D eigenvalue weighted by atomic mass is 10.1. The van der Waals surface area contributed by atoms with Crippen molar-refractivity contribution in [2.24, 2.45) is 4.99 Å². The highest BCUT2D eigenvalue weighted by Gasteiger charge is 2.08. The molecule has 25 heavy (non-hydrogen) atoms. The van der Waals surface area contributed by atoms with E-state index >= 15 is 0 Å². The molecule has 2 rings (SSSR count). The van der Waals surface area contributed by atoms with Crippen molar-refractivity contribution in [2.75, 3.05) is 20.2 Å². The predicted molar refractivity (Wildman–Crippen MR) is 116 cm³/mol. The number of methoxy groups -OCH3 is 1. The maximum atomic E-state index is 10.0. The number of ether oxygens (including phenoxy) is 1. The minimum atomic E-state index is 0. The molecule has 0 aliphatic rings. The first-order valence-corrected chi connectivity index (χ1v) is 8.96. The summed E-state index contributed by atoms with van der Waals surface area (Å²) in [5.41, 5.74) is 0.863. The lowest BCUT2D eigenvalue weighted by Crippen LogP contribution is -2.38. The van der Waals surface area contributed by atoms with Crippen LogP contribution in [-0.4, -0.2) is 31.3 Å². The molecule has 0 bridgehead atoms. The van der Waals surface area contributed by atoms with E-state index in [9.17, 15) is 5.11 Å². The van der Waals surface area contributed by atoms with Crippen LogP contribution in [0.3, 0.4) is 0 Å². The number of nitrogens with zero attached hydrogens (tertiary/aromatic N) is 1. The summed E-state index contributed by atoms with van der Waals surface area (Å²) in [6.45, 7) is 5.56. The number of phenols is 1. The van der Waals surface area contributed by atoms with E-state index in [1.165, 1.54) is 4.88 Å². The average Bonchev–Trinajstić information content (AvgIpc) is 3.11. The van der Waals surface area contributed by atoms with E-state index in [0.29, 0.717) is 18.7 Å². The Morgan fingerprint density at radius 1 is 1.36 bits per heavy atom. The summed E-state index contributed by atoms with van der Waals surface area (Å²) in [6.07, 6.45) is 0.666. The molecule has 0 saturated heterocycles. The summed E-state index contributed by atoms with van der Waals surface area (Å²) in [6, 6.07) is 9.72. The van der Waals surface area contributed by atoms with Gasteiger partial charge in [0.05, 0.1) is 13.2 Å². The van der Waals surface area contributed by atoms with Crippen LogP contribution in [0.4, 0.5) is 0 Å². The zero-order valence-corrected chi connectivity index (χ0v) is 17.9. The van der Waals surface area contributed by atoms with Gasteiger partial charge in [-0.15, -0.1) is 35.3 Å². The van der Waals surface area contributed by atoms with Crippen molar-refractivity contribution < 1.29 is 9.84 Å². The van der Waals surface area contributed by atoms with Crippen molar-refractivity contribution in [1.29, 1.82) is 0 Å². The molecule has 0 spiro atoms. The summed E-state index contributed by atoms with van der Waals surface area (Å²) >= 11 is 1.73. The molecule has 0 aliphatic carbocycles. The maximum absolute atomic E-state index is 10.0. The Hall–Kier alpha value is -1.48. The first kappa shape index (κ1) is 21.6. The van der Waals surface area contributed by atoms with Crippen molar-refractivity contribution >= 4 is 41.3 Å². The molecule has 1 unspecified atom stereocenters. The molecule has 2 aromatic rings. The lowest BCUT2D eigenvalue weighted by molar-refractivity contribution is 0.406. The lowest BCUT2D eigenvalue weighted by Gasteiger charge is -2.16. The largest absolute Gasteiger partial charge is 0.508 e. The van der Waals surface area contributed by atoms with Crippen molar-refractivity contribution in [3.8, 4) is 11.5 Å². The van der Waals surface area contributed by atoms with E-state index in [1.54, 1.807) is 24.5 Å².